The van der Waals surface area contributed by atoms with E-state index < -0.39 is 0 Å². The van der Waals surface area contributed by atoms with Gasteiger partial charge in [-0.1, -0.05) is 41.9 Å². The minimum absolute atomic E-state index is 0.165. The maximum Gasteiger partial charge on any atom is 0.328 e. The Labute approximate surface area is 186 Å². The lowest BCUT2D eigenvalue weighted by Crippen LogP contribution is -2.32. The van der Waals surface area contributed by atoms with Crippen LogP contribution in [0.2, 0.25) is 5.02 Å². The molecule has 1 N–H and O–H groups in total. The lowest BCUT2D eigenvalue weighted by Gasteiger charge is -2.15. The number of para-hydroxylation sites is 1. The first-order valence-electron chi connectivity index (χ1n) is 10.2. The molecule has 0 fully saturated rings. The van der Waals surface area contributed by atoms with E-state index in [-0.39, 0.29) is 18.0 Å². The van der Waals surface area contributed by atoms with E-state index in [1.54, 1.807) is 26.2 Å². The largest absolute Gasteiger partial charge is 0.347 e. The van der Waals surface area contributed by atoms with Crippen LogP contribution in [0.3, 0.4) is 0 Å². The van der Waals surface area contributed by atoms with Crippen molar-refractivity contribution in [2.24, 2.45) is 0 Å². The van der Waals surface area contributed by atoms with Crippen molar-refractivity contribution in [1.29, 1.82) is 0 Å². The van der Waals surface area contributed by atoms with E-state index in [0.717, 1.165) is 27.5 Å². The fourth-order valence-electron chi connectivity index (χ4n) is 3.95. The van der Waals surface area contributed by atoms with E-state index in [1.165, 1.54) is 9.47 Å². The van der Waals surface area contributed by atoms with Crippen LogP contribution in [-0.2, 0) is 6.54 Å². The van der Waals surface area contributed by atoms with Gasteiger partial charge in [-0.3, -0.25) is 9.36 Å². The molecule has 2 aromatic heterocycles. The van der Waals surface area contributed by atoms with Crippen LogP contribution in [0.4, 0.5) is 4.79 Å². The molecule has 2 aromatic carbocycles. The number of benzene rings is 2. The van der Waals surface area contributed by atoms with Gasteiger partial charge in [0.2, 0.25) is 0 Å². The van der Waals surface area contributed by atoms with Crippen molar-refractivity contribution in [1.82, 2.24) is 19.4 Å². The van der Waals surface area contributed by atoms with Crippen LogP contribution < -0.4 is 5.32 Å². The zero-order valence-corrected chi connectivity index (χ0v) is 18.8. The molecule has 31 heavy (non-hydrogen) atoms. The van der Waals surface area contributed by atoms with Crippen molar-refractivity contribution in [3.63, 3.8) is 0 Å². The molecule has 0 unspecified atom stereocenters. The minimum atomic E-state index is -0.305. The highest BCUT2D eigenvalue weighted by Gasteiger charge is 2.26. The Balaban J connectivity index is 1.85. The van der Waals surface area contributed by atoms with Crippen molar-refractivity contribution in [2.75, 3.05) is 14.1 Å². The van der Waals surface area contributed by atoms with Crippen LogP contribution in [0, 0.1) is 0 Å². The van der Waals surface area contributed by atoms with Gasteiger partial charge in [0.1, 0.15) is 5.69 Å². The number of aromatic nitrogens is 2. The fourth-order valence-corrected chi connectivity index (χ4v) is 4.08. The molecule has 160 valence electrons. The van der Waals surface area contributed by atoms with E-state index in [2.05, 4.69) is 23.7 Å². The van der Waals surface area contributed by atoms with Crippen LogP contribution in [-0.4, -0.2) is 40.1 Å². The quantitative estimate of drug-likeness (QED) is 0.472. The zero-order valence-electron chi connectivity index (χ0n) is 18.0. The predicted octanol–water partition coefficient (Wildman–Crippen LogP) is 5.29. The average Bonchev–Trinajstić information content (AvgIpc) is 3.27. The van der Waals surface area contributed by atoms with Crippen LogP contribution >= 0.6 is 11.6 Å². The molecule has 0 radical (unpaired) electrons. The lowest BCUT2D eigenvalue weighted by molar-refractivity contribution is 0.0942. The van der Waals surface area contributed by atoms with Crippen LogP contribution in [0.1, 0.15) is 35.9 Å². The van der Waals surface area contributed by atoms with E-state index in [9.17, 15) is 9.59 Å². The number of halogens is 1. The number of hydrogen-bond acceptors (Lipinski definition) is 2. The molecule has 7 heteroatoms. The molecule has 4 rings (SSSR count). The molecule has 0 saturated carbocycles. The Morgan fingerprint density at radius 2 is 1.71 bits per heavy atom. The third kappa shape index (κ3) is 3.68. The molecular formula is C24H25ClN4O2. The molecule has 0 aliphatic carbocycles. The predicted molar refractivity (Wildman–Crippen MR) is 125 cm³/mol. The van der Waals surface area contributed by atoms with Crippen LogP contribution in [0.15, 0.2) is 54.6 Å². The van der Waals surface area contributed by atoms with Gasteiger partial charge in [0, 0.05) is 37.1 Å². The van der Waals surface area contributed by atoms with Gasteiger partial charge in [0.25, 0.3) is 5.91 Å². The summed E-state index contributed by atoms with van der Waals surface area (Å²) in [5.74, 6) is -0.305. The second-order valence-electron chi connectivity index (χ2n) is 8.07. The maximum atomic E-state index is 13.2. The van der Waals surface area contributed by atoms with Gasteiger partial charge in [-0.2, -0.15) is 0 Å². The molecule has 0 saturated heterocycles. The Kier molecular flexibility index (Phi) is 5.50. The van der Waals surface area contributed by atoms with Gasteiger partial charge in [0.05, 0.1) is 16.6 Å². The van der Waals surface area contributed by atoms with Crippen molar-refractivity contribution < 1.29 is 9.59 Å². The van der Waals surface area contributed by atoms with Gasteiger partial charge in [-0.05, 0) is 43.7 Å². The van der Waals surface area contributed by atoms with Crippen molar-refractivity contribution in [3.8, 4) is 0 Å². The first kappa shape index (κ1) is 21.0. The Bertz CT molecular complexity index is 1280. The number of nitrogens with one attached hydrogen (secondary N) is 1. The molecule has 0 spiro atoms. The van der Waals surface area contributed by atoms with Crippen molar-refractivity contribution in [3.05, 3.63) is 70.9 Å². The first-order valence-corrected chi connectivity index (χ1v) is 10.6. The number of fused-ring (bicyclic) bond motifs is 3. The molecule has 2 amide bonds. The SMILES string of the molecule is CC(C)n1c2ccccc2c2c1cc(C(=O)NCc1ccc(Cl)cc1)n2C(=O)N(C)C. The Morgan fingerprint density at radius 1 is 1.03 bits per heavy atom. The molecular weight excluding hydrogens is 412 g/mol. The summed E-state index contributed by atoms with van der Waals surface area (Å²) < 4.78 is 3.69. The van der Waals surface area contributed by atoms with Gasteiger partial charge in [-0.15, -0.1) is 0 Å². The smallest absolute Gasteiger partial charge is 0.328 e. The summed E-state index contributed by atoms with van der Waals surface area (Å²) in [6.45, 7) is 4.53. The number of hydrogen-bond donors (Lipinski definition) is 1. The van der Waals surface area contributed by atoms with Gasteiger partial charge < -0.3 is 14.8 Å². The molecule has 0 bridgehead atoms. The van der Waals surface area contributed by atoms with E-state index >= 15 is 0 Å². The van der Waals surface area contributed by atoms with Gasteiger partial charge >= 0.3 is 6.03 Å². The number of amides is 2. The molecule has 0 aliphatic heterocycles. The summed E-state index contributed by atoms with van der Waals surface area (Å²) in [6, 6.07) is 17.0. The molecule has 4 aromatic rings. The summed E-state index contributed by atoms with van der Waals surface area (Å²) in [4.78, 5) is 27.8. The molecule has 0 aliphatic rings. The van der Waals surface area contributed by atoms with E-state index in [4.69, 9.17) is 11.6 Å². The first-order chi connectivity index (χ1) is 14.8. The number of nitrogens with zero attached hydrogens (tertiary/aromatic N) is 3. The number of rotatable bonds is 4. The Hall–Kier alpha value is -3.25. The van der Waals surface area contributed by atoms with Crippen molar-refractivity contribution in [2.45, 2.75) is 26.4 Å². The van der Waals surface area contributed by atoms with Gasteiger partial charge in [-0.25, -0.2) is 4.79 Å². The summed E-state index contributed by atoms with van der Waals surface area (Å²) in [5.41, 5.74) is 3.90. The average molecular weight is 437 g/mol. The van der Waals surface area contributed by atoms with Crippen molar-refractivity contribution >= 4 is 45.5 Å². The van der Waals surface area contributed by atoms with Crippen LogP contribution in [0.5, 0.6) is 0 Å². The maximum absolute atomic E-state index is 13.2. The second kappa shape index (κ2) is 8.12. The minimum Gasteiger partial charge on any atom is -0.347 e. The molecule has 2 heterocycles. The normalized spacial score (nSPS) is 11.4. The standard InChI is InChI=1S/C24H25ClN4O2/c1-15(2)28-19-8-6-5-7-18(19)22-20(28)13-21(29(22)24(31)27(3)4)23(30)26-14-16-9-11-17(25)12-10-16/h5-13,15H,14H2,1-4H3,(H,26,30). The summed E-state index contributed by atoms with van der Waals surface area (Å²) in [5, 5.41) is 4.52. The number of carbonyl (C=O) groups excluding carboxylic acids is 2. The fraction of sp³-hybridized carbons (Fsp3) is 0.250. The second-order valence-corrected chi connectivity index (χ2v) is 8.50. The molecule has 0 atom stereocenters. The highest BCUT2D eigenvalue weighted by atomic mass is 35.5. The third-order valence-electron chi connectivity index (χ3n) is 5.35. The number of carbonyl (C=O) groups is 2. The van der Waals surface area contributed by atoms with Crippen LogP contribution in [0.25, 0.3) is 21.9 Å². The zero-order chi connectivity index (χ0) is 22.3. The lowest BCUT2D eigenvalue weighted by atomic mass is 10.2. The summed E-state index contributed by atoms with van der Waals surface area (Å²) in [7, 11) is 3.37. The topological polar surface area (TPSA) is 59.3 Å². The highest BCUT2D eigenvalue weighted by Crippen LogP contribution is 2.34. The Morgan fingerprint density at radius 3 is 2.35 bits per heavy atom. The van der Waals surface area contributed by atoms with E-state index in [0.29, 0.717) is 17.3 Å². The molecule has 6 nitrogen and oxygen atoms in total. The monoisotopic (exact) mass is 436 g/mol. The summed E-state index contributed by atoms with van der Waals surface area (Å²) >= 11 is 5.94. The van der Waals surface area contributed by atoms with Gasteiger partial charge in [0.15, 0.2) is 0 Å². The third-order valence-corrected chi connectivity index (χ3v) is 5.60. The summed E-state index contributed by atoms with van der Waals surface area (Å²) in [6.07, 6.45) is 0. The highest BCUT2D eigenvalue weighted by molar-refractivity contribution is 6.30. The van der Waals surface area contributed by atoms with E-state index in [1.807, 2.05) is 42.5 Å².